The minimum Gasteiger partial charge on any atom is -0.508 e. The topological polar surface area (TPSA) is 81.9 Å². The quantitative estimate of drug-likeness (QED) is 0.779. The Balaban J connectivity index is 2.11. The first kappa shape index (κ1) is 16.3. The lowest BCUT2D eigenvalue weighted by Crippen LogP contribution is -2.58. The highest BCUT2D eigenvalue weighted by molar-refractivity contribution is 6.47. The highest BCUT2D eigenvalue weighted by Crippen LogP contribution is 2.34. The summed E-state index contributed by atoms with van der Waals surface area (Å²) < 4.78 is 11.1. The van der Waals surface area contributed by atoms with Crippen molar-refractivity contribution < 1.29 is 18.9 Å². The second-order valence-corrected chi connectivity index (χ2v) is 6.32. The number of rotatable bonds is 3. The number of carbonyl (C=O) groups is 2. The second kappa shape index (κ2) is 6.36. The molecule has 2 heterocycles. The van der Waals surface area contributed by atoms with Gasteiger partial charge in [0.05, 0.1) is 0 Å². The molecule has 2 atom stereocenters. The van der Waals surface area contributed by atoms with E-state index in [1.807, 2.05) is 20.8 Å². The van der Waals surface area contributed by atoms with E-state index in [-0.39, 0.29) is 24.5 Å². The van der Waals surface area contributed by atoms with E-state index in [1.54, 1.807) is 4.90 Å². The number of likely N-dealkylation sites (tertiary alicyclic amines) is 1. The summed E-state index contributed by atoms with van der Waals surface area (Å²) in [5.41, 5.74) is 5.24. The van der Waals surface area contributed by atoms with Crippen molar-refractivity contribution in [2.45, 2.75) is 58.0 Å². The van der Waals surface area contributed by atoms with Gasteiger partial charge >= 0.3 is 13.1 Å². The van der Waals surface area contributed by atoms with E-state index in [1.165, 1.54) is 0 Å². The molecule has 0 aliphatic carbocycles. The second-order valence-electron chi connectivity index (χ2n) is 6.32. The maximum atomic E-state index is 12.5. The number of fused-ring (bicyclic) bond motifs is 1. The number of hydrogen-bond donors (Lipinski definition) is 1. The number of amides is 1. The fraction of sp³-hybridized carbons (Fsp3) is 0.857. The molecule has 0 unspecified atom stereocenters. The van der Waals surface area contributed by atoms with Gasteiger partial charge in [-0.1, -0.05) is 13.3 Å². The molecule has 118 valence electrons. The monoisotopic (exact) mass is 296 g/mol. The SMILES string of the molecule is CCC(=O)N1C[C@@H]2CCCB(OC(C)C)OC(=O)[C@]2(N)C1. The molecule has 21 heavy (non-hydrogen) atoms. The summed E-state index contributed by atoms with van der Waals surface area (Å²) in [4.78, 5) is 26.0. The van der Waals surface area contributed by atoms with Crippen LogP contribution in [0, 0.1) is 5.92 Å². The van der Waals surface area contributed by atoms with Crippen LogP contribution in [0.3, 0.4) is 0 Å². The third-order valence-corrected chi connectivity index (χ3v) is 4.31. The van der Waals surface area contributed by atoms with Crippen molar-refractivity contribution in [1.82, 2.24) is 4.90 Å². The summed E-state index contributed by atoms with van der Waals surface area (Å²) in [6.07, 6.45) is 2.79. The van der Waals surface area contributed by atoms with Gasteiger partial charge in [-0.15, -0.1) is 0 Å². The van der Waals surface area contributed by atoms with Gasteiger partial charge < -0.3 is 19.9 Å². The van der Waals surface area contributed by atoms with Gasteiger partial charge in [0.15, 0.2) is 0 Å². The van der Waals surface area contributed by atoms with Crippen LogP contribution in [0.5, 0.6) is 0 Å². The first-order valence-electron chi connectivity index (χ1n) is 7.80. The summed E-state index contributed by atoms with van der Waals surface area (Å²) in [6.45, 7) is 6.43. The molecule has 7 heteroatoms. The smallest absolute Gasteiger partial charge is 0.508 e. The van der Waals surface area contributed by atoms with Crippen LogP contribution >= 0.6 is 0 Å². The average molecular weight is 296 g/mol. The van der Waals surface area contributed by atoms with Gasteiger partial charge in [0.2, 0.25) is 5.91 Å². The Morgan fingerprint density at radius 3 is 2.95 bits per heavy atom. The van der Waals surface area contributed by atoms with Crippen molar-refractivity contribution in [1.29, 1.82) is 0 Å². The van der Waals surface area contributed by atoms with Crippen molar-refractivity contribution in [3.05, 3.63) is 0 Å². The van der Waals surface area contributed by atoms with E-state index in [0.717, 1.165) is 12.8 Å². The number of hydrogen-bond acceptors (Lipinski definition) is 5. The summed E-state index contributed by atoms with van der Waals surface area (Å²) in [5, 5.41) is 0. The Morgan fingerprint density at radius 1 is 1.62 bits per heavy atom. The minimum atomic E-state index is -1.09. The van der Waals surface area contributed by atoms with Crippen molar-refractivity contribution in [3.63, 3.8) is 0 Å². The van der Waals surface area contributed by atoms with Crippen LogP contribution < -0.4 is 5.73 Å². The molecule has 0 aromatic heterocycles. The fourth-order valence-electron chi connectivity index (χ4n) is 3.15. The molecule has 2 saturated heterocycles. The van der Waals surface area contributed by atoms with Gasteiger partial charge in [-0.2, -0.15) is 0 Å². The van der Waals surface area contributed by atoms with Gasteiger partial charge in [0.1, 0.15) is 5.54 Å². The van der Waals surface area contributed by atoms with Gasteiger partial charge in [-0.25, -0.2) is 0 Å². The lowest BCUT2D eigenvalue weighted by molar-refractivity contribution is -0.144. The van der Waals surface area contributed by atoms with Crippen LogP contribution in [0.15, 0.2) is 0 Å². The van der Waals surface area contributed by atoms with E-state index < -0.39 is 18.6 Å². The molecule has 1 amide bonds. The van der Waals surface area contributed by atoms with Gasteiger partial charge in [0, 0.05) is 31.5 Å². The lowest BCUT2D eigenvalue weighted by atomic mass is 9.74. The molecule has 0 saturated carbocycles. The van der Waals surface area contributed by atoms with Gasteiger partial charge in [-0.3, -0.25) is 9.59 Å². The molecule has 2 fully saturated rings. The number of nitrogens with zero attached hydrogens (tertiary/aromatic N) is 1. The largest absolute Gasteiger partial charge is 0.527 e. The average Bonchev–Trinajstić information content (AvgIpc) is 2.74. The van der Waals surface area contributed by atoms with Crippen LogP contribution in [0.2, 0.25) is 6.32 Å². The number of carbonyl (C=O) groups excluding carboxylic acids is 2. The molecule has 2 aliphatic rings. The highest BCUT2D eigenvalue weighted by atomic mass is 16.6. The predicted molar refractivity (Wildman–Crippen MR) is 79.4 cm³/mol. The Labute approximate surface area is 126 Å². The Kier molecular flexibility index (Phi) is 4.93. The fourth-order valence-corrected chi connectivity index (χ4v) is 3.15. The molecule has 0 aromatic rings. The van der Waals surface area contributed by atoms with Crippen LogP contribution in [0.25, 0.3) is 0 Å². The van der Waals surface area contributed by atoms with E-state index >= 15 is 0 Å². The van der Waals surface area contributed by atoms with E-state index in [9.17, 15) is 9.59 Å². The summed E-state index contributed by atoms with van der Waals surface area (Å²) in [7, 11) is -0.533. The third-order valence-electron chi connectivity index (χ3n) is 4.31. The third kappa shape index (κ3) is 3.40. The molecule has 0 aromatic carbocycles. The van der Waals surface area contributed by atoms with Crippen LogP contribution in [0.1, 0.15) is 40.0 Å². The molecule has 2 rings (SSSR count). The molecule has 6 nitrogen and oxygen atoms in total. The summed E-state index contributed by atoms with van der Waals surface area (Å²) in [5.74, 6) is -0.431. The zero-order valence-corrected chi connectivity index (χ0v) is 13.1. The highest BCUT2D eigenvalue weighted by Gasteiger charge is 2.53. The Morgan fingerprint density at radius 2 is 2.33 bits per heavy atom. The van der Waals surface area contributed by atoms with E-state index in [2.05, 4.69) is 0 Å². The first-order chi connectivity index (χ1) is 9.86. The standard InChI is InChI=1S/C14H25BN2O4/c1-4-12(18)17-8-11-6-5-7-15(20-10(2)3)21-13(19)14(11,16)9-17/h10-11H,4-9,16H2,1-3H3/t11-,14-/m0/s1. The molecule has 0 radical (unpaired) electrons. The molecule has 2 aliphatic heterocycles. The first-order valence-corrected chi connectivity index (χ1v) is 7.80. The van der Waals surface area contributed by atoms with Crippen molar-refractivity contribution in [2.75, 3.05) is 13.1 Å². The van der Waals surface area contributed by atoms with Crippen LogP contribution in [-0.4, -0.2) is 48.6 Å². The predicted octanol–water partition coefficient (Wildman–Crippen LogP) is 0.803. The van der Waals surface area contributed by atoms with Crippen molar-refractivity contribution in [2.24, 2.45) is 11.7 Å². The minimum absolute atomic E-state index is 0.00602. The maximum absolute atomic E-state index is 12.5. The lowest BCUT2D eigenvalue weighted by Gasteiger charge is -2.32. The molecule has 2 N–H and O–H groups in total. The molecule has 0 bridgehead atoms. The van der Waals surface area contributed by atoms with Crippen LogP contribution in [-0.2, 0) is 18.9 Å². The molecular formula is C14H25BN2O4. The summed E-state index contributed by atoms with van der Waals surface area (Å²) >= 11 is 0. The van der Waals surface area contributed by atoms with Crippen molar-refractivity contribution in [3.8, 4) is 0 Å². The van der Waals surface area contributed by atoms with Crippen LogP contribution in [0.4, 0.5) is 0 Å². The van der Waals surface area contributed by atoms with E-state index in [0.29, 0.717) is 19.3 Å². The zero-order valence-electron chi connectivity index (χ0n) is 13.1. The Hall–Kier alpha value is -1.08. The number of nitrogens with two attached hydrogens (primary N) is 1. The zero-order chi connectivity index (χ0) is 15.6. The summed E-state index contributed by atoms with van der Waals surface area (Å²) in [6, 6.07) is 0. The normalized spacial score (nSPS) is 30.0. The van der Waals surface area contributed by atoms with E-state index in [4.69, 9.17) is 15.0 Å². The van der Waals surface area contributed by atoms with Gasteiger partial charge in [-0.05, 0) is 26.6 Å². The molecular weight excluding hydrogens is 271 g/mol. The van der Waals surface area contributed by atoms with Crippen molar-refractivity contribution >= 4 is 19.0 Å². The molecule has 0 spiro atoms. The van der Waals surface area contributed by atoms with Gasteiger partial charge in [0.25, 0.3) is 0 Å². The maximum Gasteiger partial charge on any atom is 0.527 e. The Bertz CT molecular complexity index is 418.